The molecule has 0 aliphatic heterocycles. The van der Waals surface area contributed by atoms with Crippen molar-refractivity contribution in [3.05, 3.63) is 38.9 Å². The maximum absolute atomic E-state index is 6.01. The lowest BCUT2D eigenvalue weighted by atomic mass is 10.3. The van der Waals surface area contributed by atoms with Crippen LogP contribution < -0.4 is 0 Å². The van der Waals surface area contributed by atoms with Gasteiger partial charge in [0, 0.05) is 11.8 Å². The first-order valence-corrected chi connectivity index (χ1v) is 7.05. The zero-order chi connectivity index (χ0) is 13.4. The molecule has 0 atom stereocenters. The molecule has 3 aromatic heterocycles. The Hall–Kier alpha value is -1.14. The van der Waals surface area contributed by atoms with Crippen molar-refractivity contribution >= 4 is 46.1 Å². The van der Waals surface area contributed by atoms with E-state index in [2.05, 4.69) is 15.1 Å². The van der Waals surface area contributed by atoms with Crippen molar-refractivity contribution in [2.75, 3.05) is 0 Å². The van der Waals surface area contributed by atoms with Gasteiger partial charge < -0.3 is 4.52 Å². The second kappa shape index (κ2) is 5.09. The highest BCUT2D eigenvalue weighted by Gasteiger charge is 2.15. The fourth-order valence-electron chi connectivity index (χ4n) is 1.42. The van der Waals surface area contributed by atoms with Crippen molar-refractivity contribution in [3.63, 3.8) is 0 Å². The van der Waals surface area contributed by atoms with E-state index >= 15 is 0 Å². The molecular weight excluding hydrogens is 329 g/mol. The van der Waals surface area contributed by atoms with Gasteiger partial charge in [-0.15, -0.1) is 11.3 Å². The summed E-state index contributed by atoms with van der Waals surface area (Å²) in [7, 11) is 0. The molecule has 0 unspecified atom stereocenters. The van der Waals surface area contributed by atoms with Gasteiger partial charge in [0.15, 0.2) is 0 Å². The minimum Gasteiger partial charge on any atom is -0.333 e. The van der Waals surface area contributed by atoms with Crippen molar-refractivity contribution in [2.45, 2.75) is 0 Å². The van der Waals surface area contributed by atoms with Gasteiger partial charge in [-0.25, -0.2) is 4.98 Å². The van der Waals surface area contributed by atoms with Crippen LogP contribution in [0.3, 0.4) is 0 Å². The number of aromatic nitrogens is 3. The maximum atomic E-state index is 6.01. The van der Waals surface area contributed by atoms with Crippen LogP contribution in [0.5, 0.6) is 0 Å². The van der Waals surface area contributed by atoms with E-state index in [1.807, 2.05) is 5.38 Å². The van der Waals surface area contributed by atoms with Crippen molar-refractivity contribution in [3.8, 4) is 22.2 Å². The fourth-order valence-corrected chi connectivity index (χ4v) is 2.75. The molecule has 0 aromatic carbocycles. The largest absolute Gasteiger partial charge is 0.333 e. The lowest BCUT2D eigenvalue weighted by Gasteiger charge is -1.96. The third kappa shape index (κ3) is 2.47. The summed E-state index contributed by atoms with van der Waals surface area (Å²) in [6.45, 7) is 0. The summed E-state index contributed by atoms with van der Waals surface area (Å²) in [6.07, 6.45) is 1.53. The van der Waals surface area contributed by atoms with Crippen molar-refractivity contribution < 1.29 is 4.52 Å². The Labute approximate surface area is 127 Å². The van der Waals surface area contributed by atoms with Gasteiger partial charge in [0.2, 0.25) is 5.82 Å². The second-order valence-electron chi connectivity index (χ2n) is 3.52. The van der Waals surface area contributed by atoms with Crippen LogP contribution >= 0.6 is 46.1 Å². The van der Waals surface area contributed by atoms with E-state index in [-0.39, 0.29) is 5.15 Å². The van der Waals surface area contributed by atoms with Gasteiger partial charge in [-0.05, 0) is 17.5 Å². The van der Waals surface area contributed by atoms with Crippen LogP contribution in [0.1, 0.15) is 0 Å². The molecule has 0 saturated carbocycles. The Morgan fingerprint density at radius 2 is 2.00 bits per heavy atom. The lowest BCUT2D eigenvalue weighted by molar-refractivity contribution is 0.433. The number of pyridine rings is 1. The minimum atomic E-state index is 0.232. The van der Waals surface area contributed by atoms with E-state index < -0.39 is 0 Å². The molecule has 0 spiro atoms. The van der Waals surface area contributed by atoms with Crippen LogP contribution in [0, 0.1) is 0 Å². The van der Waals surface area contributed by atoms with Crippen LogP contribution in [-0.2, 0) is 0 Å². The summed E-state index contributed by atoms with van der Waals surface area (Å²) in [6, 6.07) is 3.40. The van der Waals surface area contributed by atoms with Gasteiger partial charge in [-0.1, -0.05) is 40.0 Å². The van der Waals surface area contributed by atoms with Gasteiger partial charge in [-0.3, -0.25) is 0 Å². The van der Waals surface area contributed by atoms with E-state index in [1.54, 1.807) is 12.1 Å². The summed E-state index contributed by atoms with van der Waals surface area (Å²) in [4.78, 5) is 8.92. The first kappa shape index (κ1) is 12.9. The molecule has 4 nitrogen and oxygen atoms in total. The Balaban J connectivity index is 2.01. The van der Waals surface area contributed by atoms with Crippen LogP contribution in [0.25, 0.3) is 22.2 Å². The Bertz CT molecular complexity index is 740. The first-order chi connectivity index (χ1) is 9.15. The zero-order valence-electron chi connectivity index (χ0n) is 9.10. The Morgan fingerprint density at radius 1 is 1.16 bits per heavy atom. The Kier molecular flexibility index (Phi) is 3.45. The quantitative estimate of drug-likeness (QED) is 0.631. The highest BCUT2D eigenvalue weighted by Crippen LogP contribution is 2.33. The van der Waals surface area contributed by atoms with Crippen LogP contribution in [0.15, 0.2) is 28.2 Å². The average molecular weight is 333 g/mol. The molecule has 0 aliphatic rings. The van der Waals surface area contributed by atoms with Crippen molar-refractivity contribution in [2.24, 2.45) is 0 Å². The molecule has 0 bridgehead atoms. The fraction of sp³-hybridized carbons (Fsp3) is 0. The lowest BCUT2D eigenvalue weighted by Crippen LogP contribution is -1.84. The number of hydrogen-bond donors (Lipinski definition) is 0. The molecule has 0 radical (unpaired) electrons. The molecule has 3 rings (SSSR count). The highest BCUT2D eigenvalue weighted by molar-refractivity contribution is 7.14. The average Bonchev–Trinajstić information content (AvgIpc) is 3.01. The van der Waals surface area contributed by atoms with Crippen LogP contribution in [0.2, 0.25) is 15.2 Å². The van der Waals surface area contributed by atoms with Gasteiger partial charge in [0.05, 0.1) is 10.0 Å². The number of thiophene rings is 1. The predicted molar refractivity (Wildman–Crippen MR) is 75.9 cm³/mol. The standard InChI is InChI=1S/C11H4Cl3N3OS/c12-6-1-2-19-8(6)11-16-10(17-18-11)5-3-7(13)9(14)15-4-5/h1-4H. The molecule has 0 saturated heterocycles. The van der Waals surface area contributed by atoms with E-state index in [4.69, 9.17) is 39.3 Å². The normalized spacial score (nSPS) is 10.9. The molecule has 0 amide bonds. The highest BCUT2D eigenvalue weighted by atomic mass is 35.5. The monoisotopic (exact) mass is 331 g/mol. The first-order valence-electron chi connectivity index (χ1n) is 5.03. The summed E-state index contributed by atoms with van der Waals surface area (Å²) in [5.41, 5.74) is 0.622. The second-order valence-corrected chi connectivity index (χ2v) is 5.61. The van der Waals surface area contributed by atoms with E-state index in [1.165, 1.54) is 17.5 Å². The van der Waals surface area contributed by atoms with E-state index in [0.29, 0.717) is 27.3 Å². The third-order valence-corrected chi connectivity index (χ3v) is 4.31. The molecule has 3 heterocycles. The SMILES string of the molecule is Clc1cc(-c2noc(-c3sccc3Cl)n2)cnc1Cl. The molecule has 0 N–H and O–H groups in total. The molecule has 0 fully saturated rings. The van der Waals surface area contributed by atoms with Crippen LogP contribution in [-0.4, -0.2) is 15.1 Å². The molecule has 3 aromatic rings. The number of nitrogens with zero attached hydrogens (tertiary/aromatic N) is 3. The van der Waals surface area contributed by atoms with Crippen molar-refractivity contribution in [1.82, 2.24) is 15.1 Å². The molecule has 19 heavy (non-hydrogen) atoms. The van der Waals surface area contributed by atoms with Crippen LogP contribution in [0.4, 0.5) is 0 Å². The van der Waals surface area contributed by atoms with E-state index in [0.717, 1.165) is 4.88 Å². The molecule has 0 aliphatic carbocycles. The Morgan fingerprint density at radius 3 is 2.68 bits per heavy atom. The summed E-state index contributed by atoms with van der Waals surface area (Å²) in [5, 5.41) is 6.87. The number of hydrogen-bond acceptors (Lipinski definition) is 5. The summed E-state index contributed by atoms with van der Waals surface area (Å²) >= 11 is 19.1. The van der Waals surface area contributed by atoms with Gasteiger partial charge in [0.25, 0.3) is 5.89 Å². The summed E-state index contributed by atoms with van der Waals surface area (Å²) in [5.74, 6) is 0.742. The molecule has 8 heteroatoms. The molecule has 96 valence electrons. The minimum absolute atomic E-state index is 0.232. The number of rotatable bonds is 2. The smallest absolute Gasteiger partial charge is 0.269 e. The number of halogens is 3. The molecular formula is C11H4Cl3N3OS. The van der Waals surface area contributed by atoms with E-state index in [9.17, 15) is 0 Å². The van der Waals surface area contributed by atoms with Crippen molar-refractivity contribution in [1.29, 1.82) is 0 Å². The zero-order valence-corrected chi connectivity index (χ0v) is 12.2. The predicted octanol–water partition coefficient (Wildman–Crippen LogP) is 4.82. The van der Waals surface area contributed by atoms with Gasteiger partial charge in [0.1, 0.15) is 10.0 Å². The third-order valence-electron chi connectivity index (χ3n) is 2.29. The maximum Gasteiger partial charge on any atom is 0.269 e. The summed E-state index contributed by atoms with van der Waals surface area (Å²) < 4.78 is 5.18. The topological polar surface area (TPSA) is 51.8 Å². The van der Waals surface area contributed by atoms with Gasteiger partial charge >= 0.3 is 0 Å². The van der Waals surface area contributed by atoms with Gasteiger partial charge in [-0.2, -0.15) is 4.98 Å².